The van der Waals surface area contributed by atoms with Gasteiger partial charge in [-0.15, -0.1) is 0 Å². The Morgan fingerprint density at radius 3 is 2.67 bits per heavy atom. The van der Waals surface area contributed by atoms with Gasteiger partial charge in [-0.25, -0.2) is 9.37 Å². The average molecular weight is 323 g/mol. The summed E-state index contributed by atoms with van der Waals surface area (Å²) in [5.74, 6) is 1.94. The van der Waals surface area contributed by atoms with Crippen molar-refractivity contribution in [2.45, 2.75) is 19.4 Å². The minimum Gasteiger partial charge on any atom is -0.454 e. The van der Waals surface area contributed by atoms with Crippen LogP contribution in [0, 0.1) is 17.1 Å². The molecule has 5 nitrogen and oxygen atoms in total. The first-order valence-electron chi connectivity index (χ1n) is 7.65. The lowest BCUT2D eigenvalue weighted by molar-refractivity contribution is 0.174. The van der Waals surface area contributed by atoms with Crippen LogP contribution in [0.4, 0.5) is 4.39 Å². The summed E-state index contributed by atoms with van der Waals surface area (Å²) in [6, 6.07) is 12.3. The van der Waals surface area contributed by atoms with Gasteiger partial charge in [0, 0.05) is 25.1 Å². The molecule has 0 atom stereocenters. The van der Waals surface area contributed by atoms with E-state index in [0.29, 0.717) is 30.9 Å². The summed E-state index contributed by atoms with van der Waals surface area (Å²) in [6.45, 7) is 0.756. The predicted molar refractivity (Wildman–Crippen MR) is 85.3 cm³/mol. The van der Waals surface area contributed by atoms with Gasteiger partial charge in [-0.1, -0.05) is 12.1 Å². The van der Waals surface area contributed by atoms with E-state index < -0.39 is 0 Å². The third-order valence-corrected chi connectivity index (χ3v) is 4.04. The van der Waals surface area contributed by atoms with Gasteiger partial charge in [0.25, 0.3) is 0 Å². The van der Waals surface area contributed by atoms with Crippen LogP contribution in [-0.4, -0.2) is 16.3 Å². The number of halogens is 1. The molecule has 120 valence electrons. The Kier molecular flexibility index (Phi) is 3.54. The van der Waals surface area contributed by atoms with Gasteiger partial charge in [0.15, 0.2) is 11.5 Å². The molecule has 2 heterocycles. The van der Waals surface area contributed by atoms with Crippen LogP contribution in [0.3, 0.4) is 0 Å². The van der Waals surface area contributed by atoms with Crippen molar-refractivity contribution in [1.29, 1.82) is 5.26 Å². The molecule has 0 fully saturated rings. The first-order chi connectivity index (χ1) is 11.7. The van der Waals surface area contributed by atoms with Gasteiger partial charge >= 0.3 is 0 Å². The SMILES string of the molecule is N#CCCn1c(Cc2ccc(F)cc2)nc2cc3c(cc21)OCO3. The number of aromatic nitrogens is 2. The highest BCUT2D eigenvalue weighted by molar-refractivity contribution is 5.81. The highest BCUT2D eigenvalue weighted by Crippen LogP contribution is 2.36. The number of nitrogens with zero attached hydrogens (tertiary/aromatic N) is 3. The molecule has 0 saturated heterocycles. The Hall–Kier alpha value is -3.07. The Labute approximate surface area is 137 Å². The van der Waals surface area contributed by atoms with Crippen LogP contribution in [0.25, 0.3) is 11.0 Å². The molecule has 1 aliphatic rings. The molecule has 0 unspecified atom stereocenters. The maximum Gasteiger partial charge on any atom is 0.231 e. The Morgan fingerprint density at radius 2 is 1.92 bits per heavy atom. The van der Waals surface area contributed by atoms with E-state index in [1.165, 1.54) is 12.1 Å². The molecule has 0 N–H and O–H groups in total. The molecule has 6 heteroatoms. The monoisotopic (exact) mass is 323 g/mol. The second kappa shape index (κ2) is 5.85. The van der Waals surface area contributed by atoms with Gasteiger partial charge in [0.05, 0.1) is 23.5 Å². The summed E-state index contributed by atoms with van der Waals surface area (Å²) in [7, 11) is 0. The lowest BCUT2D eigenvalue weighted by atomic mass is 10.1. The van der Waals surface area contributed by atoms with E-state index in [9.17, 15) is 4.39 Å². The molecule has 0 spiro atoms. The number of benzene rings is 2. The number of aryl methyl sites for hydroxylation is 1. The molecule has 0 amide bonds. The fourth-order valence-electron chi connectivity index (χ4n) is 2.90. The molecular formula is C18H14FN3O2. The first-order valence-corrected chi connectivity index (χ1v) is 7.65. The quantitative estimate of drug-likeness (QED) is 0.738. The zero-order valence-electron chi connectivity index (χ0n) is 12.8. The van der Waals surface area contributed by atoms with Gasteiger partial charge < -0.3 is 14.0 Å². The summed E-state index contributed by atoms with van der Waals surface area (Å²) in [6.07, 6.45) is 0.948. The van der Waals surface area contributed by atoms with E-state index in [4.69, 9.17) is 14.7 Å². The van der Waals surface area contributed by atoms with Crippen molar-refractivity contribution in [2.75, 3.05) is 6.79 Å². The van der Waals surface area contributed by atoms with Gasteiger partial charge in [0.1, 0.15) is 11.6 Å². The molecule has 1 aromatic heterocycles. The van der Waals surface area contributed by atoms with Crippen LogP contribution in [0.15, 0.2) is 36.4 Å². The predicted octanol–water partition coefficient (Wildman–Crippen LogP) is 3.41. The summed E-state index contributed by atoms with van der Waals surface area (Å²) in [4.78, 5) is 4.69. The number of hydrogen-bond acceptors (Lipinski definition) is 4. The van der Waals surface area contributed by atoms with E-state index in [2.05, 4.69) is 11.1 Å². The molecule has 24 heavy (non-hydrogen) atoms. The number of hydrogen-bond donors (Lipinski definition) is 0. The van der Waals surface area contributed by atoms with E-state index in [-0.39, 0.29) is 12.6 Å². The largest absolute Gasteiger partial charge is 0.454 e. The normalized spacial score (nSPS) is 12.5. The van der Waals surface area contributed by atoms with Gasteiger partial charge in [-0.2, -0.15) is 5.26 Å². The van der Waals surface area contributed by atoms with Crippen LogP contribution < -0.4 is 9.47 Å². The second-order valence-corrected chi connectivity index (χ2v) is 5.59. The van der Waals surface area contributed by atoms with Crippen LogP contribution >= 0.6 is 0 Å². The smallest absolute Gasteiger partial charge is 0.231 e. The van der Waals surface area contributed by atoms with Crippen LogP contribution in [0.1, 0.15) is 17.8 Å². The van der Waals surface area contributed by atoms with Gasteiger partial charge in [-0.05, 0) is 17.7 Å². The number of imidazole rings is 1. The van der Waals surface area contributed by atoms with E-state index in [1.807, 2.05) is 16.7 Å². The van der Waals surface area contributed by atoms with Crippen molar-refractivity contribution in [2.24, 2.45) is 0 Å². The molecular weight excluding hydrogens is 309 g/mol. The topological polar surface area (TPSA) is 60.1 Å². The van der Waals surface area contributed by atoms with Crippen molar-refractivity contribution in [3.8, 4) is 17.6 Å². The first kappa shape index (κ1) is 14.5. The van der Waals surface area contributed by atoms with Crippen molar-refractivity contribution < 1.29 is 13.9 Å². The standard InChI is InChI=1S/C18H14FN3O2/c19-13-4-2-12(3-5-13)8-18-21-14-9-16-17(24-11-23-16)10-15(14)22(18)7-1-6-20/h2-5,9-10H,1,7-8,11H2. The van der Waals surface area contributed by atoms with Gasteiger partial charge in [0.2, 0.25) is 6.79 Å². The Morgan fingerprint density at radius 1 is 1.17 bits per heavy atom. The molecule has 0 saturated carbocycles. The minimum atomic E-state index is -0.262. The summed E-state index contributed by atoms with van der Waals surface area (Å²) in [5, 5.41) is 8.93. The van der Waals surface area contributed by atoms with E-state index >= 15 is 0 Å². The number of nitriles is 1. The average Bonchev–Trinajstić information content (AvgIpc) is 3.16. The molecule has 0 bridgehead atoms. The molecule has 0 aliphatic carbocycles. The van der Waals surface area contributed by atoms with Gasteiger partial charge in [-0.3, -0.25) is 0 Å². The minimum absolute atomic E-state index is 0.211. The number of rotatable bonds is 4. The van der Waals surface area contributed by atoms with E-state index in [0.717, 1.165) is 22.4 Å². The molecule has 1 aliphatic heterocycles. The Balaban J connectivity index is 1.78. The third kappa shape index (κ3) is 2.54. The fraction of sp³-hybridized carbons (Fsp3) is 0.222. The summed E-state index contributed by atoms with van der Waals surface area (Å²) in [5.41, 5.74) is 2.67. The van der Waals surface area contributed by atoms with Crippen molar-refractivity contribution in [1.82, 2.24) is 9.55 Å². The number of fused-ring (bicyclic) bond motifs is 2. The lowest BCUT2D eigenvalue weighted by Crippen LogP contribution is -2.04. The highest BCUT2D eigenvalue weighted by atomic mass is 19.1. The van der Waals surface area contributed by atoms with Crippen LogP contribution in [0.2, 0.25) is 0 Å². The van der Waals surface area contributed by atoms with Crippen LogP contribution in [-0.2, 0) is 13.0 Å². The van der Waals surface area contributed by atoms with Crippen LogP contribution in [0.5, 0.6) is 11.5 Å². The number of ether oxygens (including phenoxy) is 2. The lowest BCUT2D eigenvalue weighted by Gasteiger charge is -2.07. The molecule has 2 aromatic carbocycles. The highest BCUT2D eigenvalue weighted by Gasteiger charge is 2.19. The summed E-state index contributed by atoms with van der Waals surface area (Å²) >= 11 is 0. The Bertz CT molecular complexity index is 942. The van der Waals surface area contributed by atoms with Crippen molar-refractivity contribution in [3.05, 3.63) is 53.6 Å². The van der Waals surface area contributed by atoms with Crippen molar-refractivity contribution >= 4 is 11.0 Å². The zero-order chi connectivity index (χ0) is 16.5. The zero-order valence-corrected chi connectivity index (χ0v) is 12.8. The maximum atomic E-state index is 13.1. The van der Waals surface area contributed by atoms with E-state index in [1.54, 1.807) is 12.1 Å². The summed E-state index contributed by atoms with van der Waals surface area (Å²) < 4.78 is 25.9. The molecule has 3 aromatic rings. The third-order valence-electron chi connectivity index (χ3n) is 4.04. The fourth-order valence-corrected chi connectivity index (χ4v) is 2.90. The maximum absolute atomic E-state index is 13.1. The second-order valence-electron chi connectivity index (χ2n) is 5.59. The molecule has 4 rings (SSSR count). The van der Waals surface area contributed by atoms with Crippen molar-refractivity contribution in [3.63, 3.8) is 0 Å². The molecule has 0 radical (unpaired) electrons.